The van der Waals surface area contributed by atoms with E-state index in [1.165, 1.54) is 12.2 Å². The molecule has 1 aromatic carbocycles. The zero-order valence-electron chi connectivity index (χ0n) is 10.3. The second-order valence-electron chi connectivity index (χ2n) is 2.60. The first-order valence-electron chi connectivity index (χ1n) is 4.48. The molecule has 3 radical (unpaired) electrons. The van der Waals surface area contributed by atoms with Crippen molar-refractivity contribution in [1.82, 2.24) is 0 Å². The molecule has 1 nitrogen and oxygen atoms in total. The number of benzene rings is 1. The Hall–Kier alpha value is 1.58. The maximum absolute atomic E-state index is 7.10. The molecule has 0 aliphatic heterocycles. The Morgan fingerprint density at radius 1 is 1.17 bits per heavy atom. The van der Waals surface area contributed by atoms with Crippen molar-refractivity contribution in [1.29, 1.82) is 0 Å². The molecule has 0 saturated heterocycles. The van der Waals surface area contributed by atoms with Crippen LogP contribution in [0.5, 0.6) is 0 Å². The summed E-state index contributed by atoms with van der Waals surface area (Å²) in [6.45, 7) is 13.3. The summed E-state index contributed by atoms with van der Waals surface area (Å²) < 4.78 is 0. The van der Waals surface area contributed by atoms with Crippen molar-refractivity contribution in [2.75, 3.05) is 0 Å². The third kappa shape index (κ3) is 15.6. The van der Waals surface area contributed by atoms with Crippen molar-refractivity contribution < 1.29 is 98.1 Å². The molecule has 4 heteroatoms. The van der Waals surface area contributed by atoms with Gasteiger partial charge in [0, 0.05) is 98.1 Å². The van der Waals surface area contributed by atoms with Crippen LogP contribution in [-0.2, 0) is 105 Å². The SMILES string of the molecule is [CH-]=CC=[CH-].[CH2-]C=Cc1[c-]c(C[NH-])ccc1.[Y].[Y].[Y]. The van der Waals surface area contributed by atoms with E-state index in [-0.39, 0.29) is 98.1 Å². The van der Waals surface area contributed by atoms with Gasteiger partial charge in [-0.3, -0.25) is 0 Å². The van der Waals surface area contributed by atoms with Gasteiger partial charge in [-0.1, -0.05) is 0 Å². The Kier molecular flexibility index (Phi) is 32.3. The zero-order chi connectivity index (χ0) is 11.5. The van der Waals surface area contributed by atoms with Gasteiger partial charge in [-0.2, -0.15) is 23.3 Å². The largest absolute Gasteiger partial charge is 0.675 e. The molecule has 0 fully saturated rings. The van der Waals surface area contributed by atoms with Gasteiger partial charge in [-0.25, -0.2) is 6.92 Å². The predicted molar refractivity (Wildman–Crippen MR) is 65.4 cm³/mol. The fourth-order valence-corrected chi connectivity index (χ4v) is 0.864. The van der Waals surface area contributed by atoms with Gasteiger partial charge in [-0.15, -0.1) is 30.8 Å². The second kappa shape index (κ2) is 20.9. The molecule has 1 aromatic rings. The maximum Gasteiger partial charge on any atom is 0 e. The van der Waals surface area contributed by atoms with E-state index in [0.29, 0.717) is 6.54 Å². The second-order valence-corrected chi connectivity index (χ2v) is 2.60. The van der Waals surface area contributed by atoms with Gasteiger partial charge in [0.25, 0.3) is 0 Å². The van der Waals surface area contributed by atoms with Gasteiger partial charge in [0.2, 0.25) is 0 Å². The van der Waals surface area contributed by atoms with E-state index in [0.717, 1.165) is 11.1 Å². The maximum atomic E-state index is 7.10. The molecule has 18 heavy (non-hydrogen) atoms. The Morgan fingerprint density at radius 3 is 2.11 bits per heavy atom. The molecule has 0 aromatic heterocycles. The standard InChI is InChI=1S/C10H10N.C4H4.3Y/c1-2-4-9-5-3-6-10(7-9)8-11;1-3-4-2;;;/h2-6,11H,1,8H2;1-4H;;;/q-3;-2;;;. The van der Waals surface area contributed by atoms with Gasteiger partial charge in [0.1, 0.15) is 0 Å². The van der Waals surface area contributed by atoms with Crippen LogP contribution in [0, 0.1) is 26.1 Å². The summed E-state index contributed by atoms with van der Waals surface area (Å²) in [6.07, 6.45) is 6.15. The summed E-state index contributed by atoms with van der Waals surface area (Å²) >= 11 is 0. The van der Waals surface area contributed by atoms with Gasteiger partial charge in [0.15, 0.2) is 0 Å². The topological polar surface area (TPSA) is 23.8 Å². The summed E-state index contributed by atoms with van der Waals surface area (Å²) in [7, 11) is 0. The van der Waals surface area contributed by atoms with Crippen molar-refractivity contribution >= 4 is 6.08 Å². The minimum Gasteiger partial charge on any atom is -0.675 e. The molecule has 0 aliphatic rings. The molecule has 89 valence electrons. The Bertz CT molecular complexity index is 330. The smallest absolute Gasteiger partial charge is 0 e. The van der Waals surface area contributed by atoms with Gasteiger partial charge in [-0.05, 0) is 0 Å². The quantitative estimate of drug-likeness (QED) is 0.481. The summed E-state index contributed by atoms with van der Waals surface area (Å²) in [6, 6.07) is 8.85. The molecule has 0 amide bonds. The van der Waals surface area contributed by atoms with E-state index in [9.17, 15) is 0 Å². The first-order valence-corrected chi connectivity index (χ1v) is 4.48. The van der Waals surface area contributed by atoms with Crippen LogP contribution in [0.25, 0.3) is 11.8 Å². The van der Waals surface area contributed by atoms with Crippen molar-refractivity contribution in [3.8, 4) is 0 Å². The van der Waals surface area contributed by atoms with Crippen LogP contribution < -0.4 is 0 Å². The molecular formula is C14H14NY3-5. The number of hydrogen-bond acceptors (Lipinski definition) is 0. The third-order valence-corrected chi connectivity index (χ3v) is 1.48. The molecule has 1 N–H and O–H groups in total. The molecular weight excluding hydrogens is 449 g/mol. The third-order valence-electron chi connectivity index (χ3n) is 1.48. The summed E-state index contributed by atoms with van der Waals surface area (Å²) in [5.41, 5.74) is 9.01. The van der Waals surface area contributed by atoms with E-state index in [4.69, 9.17) is 18.9 Å². The monoisotopic (exact) mass is 463 g/mol. The van der Waals surface area contributed by atoms with Crippen molar-refractivity contribution in [2.45, 2.75) is 6.54 Å². The Morgan fingerprint density at radius 2 is 1.72 bits per heavy atom. The first-order chi connectivity index (χ1) is 7.28. The molecule has 0 aliphatic carbocycles. The van der Waals surface area contributed by atoms with Crippen molar-refractivity contribution in [3.63, 3.8) is 0 Å². The van der Waals surface area contributed by atoms with Crippen LogP contribution >= 0.6 is 0 Å². The van der Waals surface area contributed by atoms with Gasteiger partial charge in [0.05, 0.1) is 0 Å². The van der Waals surface area contributed by atoms with Crippen LogP contribution in [0.4, 0.5) is 0 Å². The van der Waals surface area contributed by atoms with Crippen LogP contribution in [0.2, 0.25) is 0 Å². The average Bonchev–Trinajstić information content (AvgIpc) is 2.30. The fraction of sp³-hybridized carbons (Fsp3) is 0.0714. The molecule has 0 atom stereocenters. The van der Waals surface area contributed by atoms with Gasteiger partial charge < -0.3 is 31.0 Å². The van der Waals surface area contributed by atoms with E-state index >= 15 is 0 Å². The van der Waals surface area contributed by atoms with Crippen LogP contribution in [0.1, 0.15) is 11.1 Å². The minimum absolute atomic E-state index is 0. The van der Waals surface area contributed by atoms with Crippen molar-refractivity contribution in [2.24, 2.45) is 0 Å². The predicted octanol–water partition coefficient (Wildman–Crippen LogP) is 3.84. The molecule has 0 saturated carbocycles. The Labute approximate surface area is 187 Å². The van der Waals surface area contributed by atoms with Crippen LogP contribution in [0.3, 0.4) is 0 Å². The average molecular weight is 463 g/mol. The van der Waals surface area contributed by atoms with Crippen LogP contribution in [0.15, 0.2) is 36.4 Å². The summed E-state index contributed by atoms with van der Waals surface area (Å²) in [5.74, 6) is 0. The minimum atomic E-state index is 0. The summed E-state index contributed by atoms with van der Waals surface area (Å²) in [5, 5.41) is 0. The molecule has 0 bridgehead atoms. The molecule has 0 heterocycles. The zero-order valence-corrected chi connectivity index (χ0v) is 18.9. The summed E-state index contributed by atoms with van der Waals surface area (Å²) in [4.78, 5) is 0. The van der Waals surface area contributed by atoms with E-state index in [2.05, 4.69) is 13.0 Å². The van der Waals surface area contributed by atoms with E-state index in [1.807, 2.05) is 24.3 Å². The van der Waals surface area contributed by atoms with E-state index in [1.54, 1.807) is 6.08 Å². The molecule has 0 unspecified atom stereocenters. The molecule has 0 spiro atoms. The Balaban J connectivity index is -0.000000125. The number of hydrogen-bond donors (Lipinski definition) is 0. The molecule has 1 rings (SSSR count). The normalized spacial score (nSPS) is 7.61. The fourth-order valence-electron chi connectivity index (χ4n) is 0.864. The van der Waals surface area contributed by atoms with E-state index < -0.39 is 0 Å². The number of allylic oxidation sites excluding steroid dienone is 3. The number of nitrogens with one attached hydrogen (secondary N) is 1. The van der Waals surface area contributed by atoms with Crippen molar-refractivity contribution in [3.05, 3.63) is 79.4 Å². The van der Waals surface area contributed by atoms with Crippen LogP contribution in [-0.4, -0.2) is 0 Å². The van der Waals surface area contributed by atoms with Gasteiger partial charge >= 0.3 is 0 Å². The number of rotatable bonds is 3. The first kappa shape index (κ1) is 27.8.